The molecule has 2 aromatic carbocycles. The van der Waals surface area contributed by atoms with E-state index in [0.717, 1.165) is 11.3 Å². The Morgan fingerprint density at radius 1 is 1.10 bits per heavy atom. The first-order valence-electron chi connectivity index (χ1n) is 9.00. The summed E-state index contributed by atoms with van der Waals surface area (Å²) in [4.78, 5) is 27.7. The normalized spacial score (nSPS) is 11.2. The molecule has 2 aromatic heterocycles. The Bertz CT molecular complexity index is 1270. The summed E-state index contributed by atoms with van der Waals surface area (Å²) >= 11 is 0. The van der Waals surface area contributed by atoms with Gasteiger partial charge in [-0.15, -0.1) is 0 Å². The standard InChI is InChI=1S/C23H18N2O4/c1-15-8-11-22(29-15)20-14-25(23(28)24-20)18-6-3-5-17(13-18)21(27)10-9-16-4-2-7-19(26)12-16/h2-14,26H,1H3,(H,24,28). The second kappa shape index (κ2) is 7.52. The maximum Gasteiger partial charge on any atom is 0.330 e. The number of hydrogen-bond acceptors (Lipinski definition) is 4. The predicted octanol–water partition coefficient (Wildman–Crippen LogP) is 4.34. The molecular formula is C23H18N2O4. The van der Waals surface area contributed by atoms with Gasteiger partial charge in [0.05, 0.1) is 5.69 Å². The summed E-state index contributed by atoms with van der Waals surface area (Å²) in [5.74, 6) is 1.25. The molecule has 0 aliphatic heterocycles. The van der Waals surface area contributed by atoms with Crippen LogP contribution in [0.1, 0.15) is 21.7 Å². The Morgan fingerprint density at radius 3 is 2.69 bits per heavy atom. The zero-order valence-electron chi connectivity index (χ0n) is 15.6. The number of imidazole rings is 1. The Morgan fingerprint density at radius 2 is 1.93 bits per heavy atom. The first-order valence-corrected chi connectivity index (χ1v) is 9.00. The molecule has 6 heteroatoms. The molecule has 144 valence electrons. The van der Waals surface area contributed by atoms with E-state index in [1.54, 1.807) is 66.9 Å². The number of nitrogens with zero attached hydrogens (tertiary/aromatic N) is 1. The first-order chi connectivity index (χ1) is 14.0. The van der Waals surface area contributed by atoms with Gasteiger partial charge in [0.2, 0.25) is 0 Å². The van der Waals surface area contributed by atoms with Gasteiger partial charge in [0.25, 0.3) is 0 Å². The van der Waals surface area contributed by atoms with Crippen molar-refractivity contribution in [1.82, 2.24) is 9.55 Å². The van der Waals surface area contributed by atoms with Crippen molar-refractivity contribution in [2.45, 2.75) is 6.92 Å². The summed E-state index contributed by atoms with van der Waals surface area (Å²) in [5, 5.41) is 9.51. The molecule has 0 bridgehead atoms. The number of aromatic amines is 1. The van der Waals surface area contributed by atoms with E-state index in [1.165, 1.54) is 10.6 Å². The highest BCUT2D eigenvalue weighted by Gasteiger charge is 2.11. The first kappa shape index (κ1) is 18.3. The van der Waals surface area contributed by atoms with Crippen molar-refractivity contribution in [1.29, 1.82) is 0 Å². The second-order valence-electron chi connectivity index (χ2n) is 6.60. The molecule has 0 fully saturated rings. The number of rotatable bonds is 5. The van der Waals surface area contributed by atoms with E-state index in [2.05, 4.69) is 4.98 Å². The van der Waals surface area contributed by atoms with Crippen molar-refractivity contribution in [3.05, 3.63) is 100 Å². The minimum atomic E-state index is -0.325. The fourth-order valence-corrected chi connectivity index (χ4v) is 3.00. The number of hydrogen-bond donors (Lipinski definition) is 2. The number of nitrogens with one attached hydrogen (secondary N) is 1. The molecule has 2 N–H and O–H groups in total. The second-order valence-corrected chi connectivity index (χ2v) is 6.60. The SMILES string of the molecule is Cc1ccc(-c2cn(-c3cccc(C(=O)C=Cc4cccc(O)c4)c3)c(=O)[nH]2)o1. The molecular weight excluding hydrogens is 368 g/mol. The smallest absolute Gasteiger partial charge is 0.330 e. The Kier molecular flexibility index (Phi) is 4.75. The fraction of sp³-hybridized carbons (Fsp3) is 0.0435. The van der Waals surface area contributed by atoms with Crippen LogP contribution >= 0.6 is 0 Å². The van der Waals surface area contributed by atoms with Gasteiger partial charge in [0.15, 0.2) is 11.5 Å². The van der Waals surface area contributed by atoms with Crippen LogP contribution < -0.4 is 5.69 Å². The molecule has 6 nitrogen and oxygen atoms in total. The van der Waals surface area contributed by atoms with Gasteiger partial charge in [-0.05, 0) is 55.0 Å². The number of benzene rings is 2. The lowest BCUT2D eigenvalue weighted by atomic mass is 10.1. The third-order valence-electron chi connectivity index (χ3n) is 4.43. The number of ketones is 1. The Labute approximate surface area is 166 Å². The number of phenolic OH excluding ortho intramolecular Hbond substituents is 1. The molecule has 0 aliphatic rings. The van der Waals surface area contributed by atoms with Crippen LogP contribution in [0.5, 0.6) is 5.75 Å². The number of aromatic hydroxyl groups is 1. The average molecular weight is 386 g/mol. The van der Waals surface area contributed by atoms with Gasteiger partial charge < -0.3 is 14.5 Å². The van der Waals surface area contributed by atoms with E-state index in [0.29, 0.717) is 22.7 Å². The number of aromatic nitrogens is 2. The van der Waals surface area contributed by atoms with Crippen molar-refractivity contribution in [3.63, 3.8) is 0 Å². The van der Waals surface area contributed by atoms with Crippen molar-refractivity contribution < 1.29 is 14.3 Å². The van der Waals surface area contributed by atoms with Gasteiger partial charge in [0, 0.05) is 11.8 Å². The minimum absolute atomic E-state index is 0.135. The number of phenols is 1. The molecule has 0 aliphatic carbocycles. The van der Waals surface area contributed by atoms with Gasteiger partial charge in [-0.25, -0.2) is 4.79 Å². The van der Waals surface area contributed by atoms with E-state index in [4.69, 9.17) is 4.42 Å². The lowest BCUT2D eigenvalue weighted by Crippen LogP contribution is -2.14. The van der Waals surface area contributed by atoms with Crippen molar-refractivity contribution in [3.8, 4) is 22.9 Å². The van der Waals surface area contributed by atoms with Gasteiger partial charge in [-0.2, -0.15) is 0 Å². The van der Waals surface area contributed by atoms with E-state index >= 15 is 0 Å². The Hall–Kier alpha value is -4.06. The topological polar surface area (TPSA) is 88.2 Å². The summed E-state index contributed by atoms with van der Waals surface area (Å²) < 4.78 is 6.99. The van der Waals surface area contributed by atoms with Crippen LogP contribution in [0, 0.1) is 6.92 Å². The molecule has 4 aromatic rings. The lowest BCUT2D eigenvalue weighted by Gasteiger charge is -2.03. The summed E-state index contributed by atoms with van der Waals surface area (Å²) in [6.07, 6.45) is 4.71. The van der Waals surface area contributed by atoms with Crippen LogP contribution in [0.3, 0.4) is 0 Å². The van der Waals surface area contributed by atoms with Gasteiger partial charge in [0.1, 0.15) is 17.2 Å². The average Bonchev–Trinajstić information content (AvgIpc) is 3.32. The largest absolute Gasteiger partial charge is 0.508 e. The molecule has 2 heterocycles. The number of H-pyrrole nitrogens is 1. The number of allylic oxidation sites excluding steroid dienone is 1. The number of carbonyl (C=O) groups is 1. The number of furan rings is 1. The molecule has 0 atom stereocenters. The summed E-state index contributed by atoms with van der Waals surface area (Å²) in [7, 11) is 0. The highest BCUT2D eigenvalue weighted by atomic mass is 16.3. The molecule has 29 heavy (non-hydrogen) atoms. The quantitative estimate of drug-likeness (QED) is 0.395. The van der Waals surface area contributed by atoms with E-state index in [-0.39, 0.29) is 17.2 Å². The maximum absolute atomic E-state index is 12.5. The van der Waals surface area contributed by atoms with Crippen LogP contribution in [0.25, 0.3) is 23.2 Å². The molecule has 0 amide bonds. The molecule has 0 unspecified atom stereocenters. The Balaban J connectivity index is 1.61. The van der Waals surface area contributed by atoms with Crippen LogP contribution in [0.2, 0.25) is 0 Å². The number of aryl methyl sites for hydroxylation is 1. The van der Waals surface area contributed by atoms with Crippen LogP contribution in [0.15, 0.2) is 82.1 Å². The highest BCUT2D eigenvalue weighted by molar-refractivity contribution is 6.07. The van der Waals surface area contributed by atoms with Crippen molar-refractivity contribution >= 4 is 11.9 Å². The minimum Gasteiger partial charge on any atom is -0.508 e. The van der Waals surface area contributed by atoms with Gasteiger partial charge in [-0.3, -0.25) is 9.36 Å². The van der Waals surface area contributed by atoms with Crippen molar-refractivity contribution in [2.75, 3.05) is 0 Å². The molecule has 0 saturated heterocycles. The monoisotopic (exact) mass is 386 g/mol. The molecule has 0 radical (unpaired) electrons. The van der Waals surface area contributed by atoms with Crippen LogP contribution in [-0.4, -0.2) is 20.4 Å². The zero-order valence-corrected chi connectivity index (χ0v) is 15.6. The maximum atomic E-state index is 12.5. The van der Waals surface area contributed by atoms with Gasteiger partial charge >= 0.3 is 5.69 Å². The van der Waals surface area contributed by atoms with Gasteiger partial charge in [-0.1, -0.05) is 30.3 Å². The molecule has 4 rings (SSSR count). The number of carbonyl (C=O) groups excluding carboxylic acids is 1. The highest BCUT2D eigenvalue weighted by Crippen LogP contribution is 2.20. The molecule has 0 saturated carbocycles. The lowest BCUT2D eigenvalue weighted by molar-refractivity contribution is 0.104. The third kappa shape index (κ3) is 3.96. The summed E-state index contributed by atoms with van der Waals surface area (Å²) in [5.41, 5.74) is 1.96. The van der Waals surface area contributed by atoms with Crippen molar-refractivity contribution in [2.24, 2.45) is 0 Å². The zero-order chi connectivity index (χ0) is 20.4. The fourth-order valence-electron chi connectivity index (χ4n) is 3.00. The summed E-state index contributed by atoms with van der Waals surface area (Å²) in [6, 6.07) is 17.1. The van der Waals surface area contributed by atoms with E-state index in [9.17, 15) is 14.7 Å². The summed E-state index contributed by atoms with van der Waals surface area (Å²) in [6.45, 7) is 1.83. The van der Waals surface area contributed by atoms with E-state index in [1.807, 2.05) is 13.0 Å². The van der Waals surface area contributed by atoms with Crippen LogP contribution in [0.4, 0.5) is 0 Å². The van der Waals surface area contributed by atoms with Crippen LogP contribution in [-0.2, 0) is 0 Å². The van der Waals surface area contributed by atoms with E-state index < -0.39 is 0 Å². The third-order valence-corrected chi connectivity index (χ3v) is 4.43. The molecule has 0 spiro atoms. The predicted molar refractivity (Wildman–Crippen MR) is 110 cm³/mol.